The van der Waals surface area contributed by atoms with E-state index in [0.717, 1.165) is 5.56 Å². The Bertz CT molecular complexity index is 694. The van der Waals surface area contributed by atoms with Gasteiger partial charge in [-0.1, -0.05) is 12.1 Å². The Labute approximate surface area is 153 Å². The number of halogens is 1. The van der Waals surface area contributed by atoms with Crippen LogP contribution in [0.15, 0.2) is 41.0 Å². The van der Waals surface area contributed by atoms with Crippen molar-refractivity contribution in [2.24, 2.45) is 5.73 Å². The van der Waals surface area contributed by atoms with E-state index in [1.807, 2.05) is 26.0 Å². The lowest BCUT2D eigenvalue weighted by molar-refractivity contribution is 0.0772. The Balaban J connectivity index is 0.00000312. The number of carbonyl (C=O) groups excluding carboxylic acids is 2. The third kappa shape index (κ3) is 5.34. The molecular weight excluding hydrogens is 342 g/mol. The number of carbonyl (C=O) groups is 2. The number of rotatable bonds is 7. The zero-order valence-electron chi connectivity index (χ0n) is 14.5. The standard InChI is InChI=1S/C18H23N3O3.ClH/c1-3-21(4-2)18(23)14-7-5-13(6-8-14)11-20-17(22)15-9-16(10-19)24-12-15;/h5-9,12H,3-4,10-11,19H2,1-2H3,(H,20,22);1H. The molecule has 0 bridgehead atoms. The molecule has 0 unspecified atom stereocenters. The van der Waals surface area contributed by atoms with Crippen LogP contribution in [0, 0.1) is 0 Å². The van der Waals surface area contributed by atoms with Crippen LogP contribution in [0.25, 0.3) is 0 Å². The van der Waals surface area contributed by atoms with Crippen molar-refractivity contribution in [2.75, 3.05) is 13.1 Å². The third-order valence-electron chi connectivity index (χ3n) is 3.82. The van der Waals surface area contributed by atoms with Crippen molar-refractivity contribution in [3.05, 3.63) is 59.0 Å². The molecule has 0 saturated carbocycles. The highest BCUT2D eigenvalue weighted by molar-refractivity contribution is 5.94. The second-order valence-electron chi connectivity index (χ2n) is 5.36. The molecule has 0 fully saturated rings. The molecule has 0 saturated heterocycles. The third-order valence-corrected chi connectivity index (χ3v) is 3.82. The molecule has 0 aliphatic carbocycles. The van der Waals surface area contributed by atoms with Crippen LogP contribution in [-0.2, 0) is 13.1 Å². The summed E-state index contributed by atoms with van der Waals surface area (Å²) < 4.78 is 5.14. The normalized spacial score (nSPS) is 10.0. The van der Waals surface area contributed by atoms with Gasteiger partial charge in [-0.25, -0.2) is 0 Å². The highest BCUT2D eigenvalue weighted by Crippen LogP contribution is 2.10. The minimum atomic E-state index is -0.221. The molecule has 3 N–H and O–H groups in total. The molecular formula is C18H24ClN3O3. The first kappa shape index (κ1) is 20.7. The lowest BCUT2D eigenvalue weighted by atomic mass is 10.1. The van der Waals surface area contributed by atoms with E-state index in [2.05, 4.69) is 5.32 Å². The molecule has 2 rings (SSSR count). The summed E-state index contributed by atoms with van der Waals surface area (Å²) in [5.41, 5.74) is 7.47. The van der Waals surface area contributed by atoms with Gasteiger partial charge in [-0.3, -0.25) is 9.59 Å². The Morgan fingerprint density at radius 2 is 1.76 bits per heavy atom. The van der Waals surface area contributed by atoms with Crippen molar-refractivity contribution in [1.82, 2.24) is 10.2 Å². The smallest absolute Gasteiger partial charge is 0.254 e. The molecule has 2 amide bonds. The lowest BCUT2D eigenvalue weighted by Gasteiger charge is -2.18. The summed E-state index contributed by atoms with van der Waals surface area (Å²) >= 11 is 0. The summed E-state index contributed by atoms with van der Waals surface area (Å²) in [5, 5.41) is 2.81. The average Bonchev–Trinajstić information content (AvgIpc) is 3.10. The fraction of sp³-hybridized carbons (Fsp3) is 0.333. The topological polar surface area (TPSA) is 88.6 Å². The van der Waals surface area contributed by atoms with E-state index in [-0.39, 0.29) is 30.8 Å². The summed E-state index contributed by atoms with van der Waals surface area (Å²) in [7, 11) is 0. The summed E-state index contributed by atoms with van der Waals surface area (Å²) in [4.78, 5) is 26.0. The van der Waals surface area contributed by atoms with Crippen LogP contribution >= 0.6 is 12.4 Å². The molecule has 0 atom stereocenters. The Morgan fingerprint density at radius 3 is 2.28 bits per heavy atom. The van der Waals surface area contributed by atoms with Crippen LogP contribution in [0.1, 0.15) is 45.9 Å². The number of amides is 2. The van der Waals surface area contributed by atoms with E-state index in [1.54, 1.807) is 23.1 Å². The van der Waals surface area contributed by atoms with Crippen LogP contribution in [0.4, 0.5) is 0 Å². The molecule has 1 heterocycles. The van der Waals surface area contributed by atoms with Gasteiger partial charge in [0.2, 0.25) is 0 Å². The van der Waals surface area contributed by atoms with Crippen LogP contribution < -0.4 is 11.1 Å². The molecule has 1 aromatic heterocycles. The van der Waals surface area contributed by atoms with Gasteiger partial charge in [-0.05, 0) is 37.6 Å². The van der Waals surface area contributed by atoms with Crippen LogP contribution in [-0.4, -0.2) is 29.8 Å². The number of hydrogen-bond acceptors (Lipinski definition) is 4. The first-order valence-electron chi connectivity index (χ1n) is 8.02. The van der Waals surface area contributed by atoms with Gasteiger partial charge >= 0.3 is 0 Å². The van der Waals surface area contributed by atoms with E-state index in [0.29, 0.717) is 36.5 Å². The fourth-order valence-corrected chi connectivity index (χ4v) is 2.35. The largest absolute Gasteiger partial charge is 0.467 e. The molecule has 0 radical (unpaired) electrons. The lowest BCUT2D eigenvalue weighted by Crippen LogP contribution is -2.30. The van der Waals surface area contributed by atoms with E-state index in [1.165, 1.54) is 6.26 Å². The van der Waals surface area contributed by atoms with Gasteiger partial charge < -0.3 is 20.4 Å². The summed E-state index contributed by atoms with van der Waals surface area (Å²) in [5.74, 6) is 0.365. The van der Waals surface area contributed by atoms with Gasteiger partial charge in [0, 0.05) is 25.2 Å². The minimum absolute atomic E-state index is 0. The maximum absolute atomic E-state index is 12.2. The quantitative estimate of drug-likeness (QED) is 0.789. The molecule has 0 aliphatic rings. The molecule has 136 valence electrons. The van der Waals surface area contributed by atoms with Crippen LogP contribution in [0.3, 0.4) is 0 Å². The van der Waals surface area contributed by atoms with Crippen LogP contribution in [0.2, 0.25) is 0 Å². The highest BCUT2D eigenvalue weighted by Gasteiger charge is 2.12. The number of furan rings is 1. The fourth-order valence-electron chi connectivity index (χ4n) is 2.35. The van der Waals surface area contributed by atoms with Crippen molar-refractivity contribution >= 4 is 24.2 Å². The molecule has 6 nitrogen and oxygen atoms in total. The van der Waals surface area contributed by atoms with Crippen LogP contribution in [0.5, 0.6) is 0 Å². The maximum atomic E-state index is 12.2. The van der Waals surface area contributed by atoms with Gasteiger partial charge in [0.1, 0.15) is 12.0 Å². The van der Waals surface area contributed by atoms with Crippen molar-refractivity contribution in [2.45, 2.75) is 26.9 Å². The van der Waals surface area contributed by atoms with Crippen molar-refractivity contribution in [3.63, 3.8) is 0 Å². The number of nitrogens with one attached hydrogen (secondary N) is 1. The van der Waals surface area contributed by atoms with Crippen molar-refractivity contribution in [3.8, 4) is 0 Å². The second kappa shape index (κ2) is 9.86. The second-order valence-corrected chi connectivity index (χ2v) is 5.36. The molecule has 0 spiro atoms. The number of hydrogen-bond donors (Lipinski definition) is 2. The Kier molecular flexibility index (Phi) is 8.18. The van der Waals surface area contributed by atoms with Gasteiger partial charge in [0.15, 0.2) is 0 Å². The zero-order valence-corrected chi connectivity index (χ0v) is 15.3. The van der Waals surface area contributed by atoms with Gasteiger partial charge in [-0.15, -0.1) is 12.4 Å². The van der Waals surface area contributed by atoms with E-state index < -0.39 is 0 Å². The van der Waals surface area contributed by atoms with Gasteiger partial charge in [0.25, 0.3) is 11.8 Å². The minimum Gasteiger partial charge on any atom is -0.467 e. The van der Waals surface area contributed by atoms with Crippen molar-refractivity contribution < 1.29 is 14.0 Å². The van der Waals surface area contributed by atoms with Gasteiger partial charge in [-0.2, -0.15) is 0 Å². The van der Waals surface area contributed by atoms with E-state index in [9.17, 15) is 9.59 Å². The predicted octanol–water partition coefficient (Wildman–Crippen LogP) is 2.57. The summed E-state index contributed by atoms with van der Waals surface area (Å²) in [6, 6.07) is 8.88. The monoisotopic (exact) mass is 365 g/mol. The van der Waals surface area contributed by atoms with E-state index in [4.69, 9.17) is 10.2 Å². The molecule has 25 heavy (non-hydrogen) atoms. The average molecular weight is 366 g/mol. The Morgan fingerprint density at radius 1 is 1.12 bits per heavy atom. The zero-order chi connectivity index (χ0) is 17.5. The van der Waals surface area contributed by atoms with Crippen molar-refractivity contribution in [1.29, 1.82) is 0 Å². The predicted molar refractivity (Wildman–Crippen MR) is 98.7 cm³/mol. The first-order valence-corrected chi connectivity index (χ1v) is 8.02. The molecule has 7 heteroatoms. The Hall–Kier alpha value is -2.31. The molecule has 0 aliphatic heterocycles. The number of nitrogens with two attached hydrogens (primary N) is 1. The SMILES string of the molecule is CCN(CC)C(=O)c1ccc(CNC(=O)c2coc(CN)c2)cc1.Cl. The van der Waals surface area contributed by atoms with Gasteiger partial charge in [0.05, 0.1) is 12.1 Å². The first-order chi connectivity index (χ1) is 11.6. The summed E-state index contributed by atoms with van der Waals surface area (Å²) in [6.07, 6.45) is 1.39. The highest BCUT2D eigenvalue weighted by atomic mass is 35.5. The molecule has 2 aromatic rings. The summed E-state index contributed by atoms with van der Waals surface area (Å²) in [6.45, 7) is 5.91. The number of benzene rings is 1. The number of nitrogens with zero attached hydrogens (tertiary/aromatic N) is 1. The maximum Gasteiger partial charge on any atom is 0.254 e. The van der Waals surface area contributed by atoms with E-state index >= 15 is 0 Å². The molecule has 1 aromatic carbocycles.